The van der Waals surface area contributed by atoms with Gasteiger partial charge in [0.15, 0.2) is 5.84 Å². The fourth-order valence-corrected chi connectivity index (χ4v) is 2.51. The normalized spacial score (nSPS) is 12.0. The summed E-state index contributed by atoms with van der Waals surface area (Å²) in [6.45, 7) is 0. The first-order valence-electron chi connectivity index (χ1n) is 6.37. The average Bonchev–Trinajstić information content (AvgIpc) is 2.56. The number of aliphatic imine (C=N–C) groups is 1. The number of amidine groups is 1. The van der Waals surface area contributed by atoms with Crippen LogP contribution in [0, 0.1) is 0 Å². The molecule has 0 spiro atoms. The summed E-state index contributed by atoms with van der Waals surface area (Å²) < 4.78 is 29.4. The minimum Gasteiger partial charge on any atom is -0.497 e. The molecule has 2 aromatic rings. The van der Waals surface area contributed by atoms with Crippen LogP contribution in [0.2, 0.25) is 0 Å². The second-order valence-corrected chi connectivity index (χ2v) is 5.88. The van der Waals surface area contributed by atoms with E-state index in [0.29, 0.717) is 17.3 Å². The Balaban J connectivity index is 2.11. The van der Waals surface area contributed by atoms with Crippen LogP contribution in [0.4, 0.5) is 0 Å². The van der Waals surface area contributed by atoms with Gasteiger partial charge in [-0.05, 0) is 36.4 Å². The molecule has 7 nitrogen and oxygen atoms in total. The molecule has 22 heavy (non-hydrogen) atoms. The van der Waals surface area contributed by atoms with Gasteiger partial charge >= 0.3 is 0 Å². The van der Waals surface area contributed by atoms with Crippen LogP contribution in [0.5, 0.6) is 5.75 Å². The number of hydrogen-bond acceptors (Lipinski definition) is 5. The van der Waals surface area contributed by atoms with Crippen molar-refractivity contribution in [2.24, 2.45) is 4.99 Å². The van der Waals surface area contributed by atoms with Crippen LogP contribution in [0.25, 0.3) is 0 Å². The summed E-state index contributed by atoms with van der Waals surface area (Å²) in [5.41, 5.74) is 3.10. The van der Waals surface area contributed by atoms with E-state index in [1.807, 2.05) is 0 Å². The van der Waals surface area contributed by atoms with Gasteiger partial charge < -0.3 is 4.74 Å². The topological polar surface area (TPSA) is 92.7 Å². The molecule has 0 fully saturated rings. The average molecular weight is 320 g/mol. The molecule has 0 aliphatic rings. The molecule has 0 aliphatic heterocycles. The number of rotatable bonds is 5. The molecular formula is C14H16N4O3S. The number of methoxy groups -OCH3 is 1. The number of nitrogens with zero attached hydrogens (tertiary/aromatic N) is 2. The summed E-state index contributed by atoms with van der Waals surface area (Å²) in [7, 11) is -0.669. The highest BCUT2D eigenvalue weighted by Crippen LogP contribution is 2.14. The van der Waals surface area contributed by atoms with E-state index in [9.17, 15) is 8.42 Å². The Hall–Kier alpha value is -2.45. The van der Waals surface area contributed by atoms with Crippen molar-refractivity contribution in [3.05, 3.63) is 54.4 Å². The third-order valence-corrected chi connectivity index (χ3v) is 4.07. The van der Waals surface area contributed by atoms with E-state index >= 15 is 0 Å². The number of sulfonamides is 1. The van der Waals surface area contributed by atoms with Crippen molar-refractivity contribution in [1.29, 1.82) is 0 Å². The number of benzene rings is 1. The molecule has 2 rings (SSSR count). The molecule has 1 heterocycles. The van der Waals surface area contributed by atoms with Gasteiger partial charge in [0.25, 0.3) is 10.0 Å². The predicted molar refractivity (Wildman–Crippen MR) is 83.1 cm³/mol. The molecule has 0 unspecified atom stereocenters. The Morgan fingerprint density at radius 2 is 1.91 bits per heavy atom. The maximum Gasteiger partial charge on any atom is 0.257 e. The minimum atomic E-state index is -3.72. The zero-order chi connectivity index (χ0) is 16.0. The fourth-order valence-electron chi connectivity index (χ4n) is 1.67. The van der Waals surface area contributed by atoms with Gasteiger partial charge in [0.1, 0.15) is 11.4 Å². The standard InChI is InChI=1S/C14H16N4O3S/c1-15-14(13-5-3-4-10-16-13)17-18-22(19,20)12-8-6-11(21-2)7-9-12/h3-10,18H,1-2H3,(H,15,17). The van der Waals surface area contributed by atoms with Crippen molar-refractivity contribution in [3.63, 3.8) is 0 Å². The summed E-state index contributed by atoms with van der Waals surface area (Å²) >= 11 is 0. The SMILES string of the molecule is CN=C(NNS(=O)(=O)c1ccc(OC)cc1)c1ccccn1. The number of hydrogen-bond donors (Lipinski definition) is 2. The Bertz CT molecular complexity index is 743. The van der Waals surface area contributed by atoms with Gasteiger partial charge in [-0.15, -0.1) is 4.83 Å². The zero-order valence-electron chi connectivity index (χ0n) is 12.1. The molecule has 0 radical (unpaired) electrons. The van der Waals surface area contributed by atoms with Crippen LogP contribution in [0.15, 0.2) is 58.5 Å². The van der Waals surface area contributed by atoms with E-state index in [-0.39, 0.29) is 4.90 Å². The van der Waals surface area contributed by atoms with Crippen LogP contribution in [-0.4, -0.2) is 33.4 Å². The second kappa shape index (κ2) is 7.01. The molecule has 0 aliphatic carbocycles. The Morgan fingerprint density at radius 3 is 2.45 bits per heavy atom. The number of pyridine rings is 1. The molecule has 2 N–H and O–H groups in total. The Morgan fingerprint density at radius 1 is 1.18 bits per heavy atom. The maximum absolute atomic E-state index is 12.2. The smallest absolute Gasteiger partial charge is 0.257 e. The van der Waals surface area contributed by atoms with Gasteiger partial charge in [-0.2, -0.15) is 0 Å². The summed E-state index contributed by atoms with van der Waals surface area (Å²) in [6, 6.07) is 11.3. The molecule has 0 saturated carbocycles. The fraction of sp³-hybridized carbons (Fsp3) is 0.143. The van der Waals surface area contributed by atoms with Crippen LogP contribution < -0.4 is 15.0 Å². The second-order valence-electron chi connectivity index (χ2n) is 4.19. The van der Waals surface area contributed by atoms with E-state index in [1.54, 1.807) is 43.6 Å². The van der Waals surface area contributed by atoms with E-state index in [4.69, 9.17) is 4.74 Å². The third-order valence-electron chi connectivity index (χ3n) is 2.80. The van der Waals surface area contributed by atoms with Crippen molar-refractivity contribution in [3.8, 4) is 5.75 Å². The van der Waals surface area contributed by atoms with Gasteiger partial charge in [0, 0.05) is 13.2 Å². The van der Waals surface area contributed by atoms with Crippen LogP contribution >= 0.6 is 0 Å². The first-order valence-corrected chi connectivity index (χ1v) is 7.85. The molecule has 1 aromatic heterocycles. The summed E-state index contributed by atoms with van der Waals surface area (Å²) in [4.78, 5) is 10.5. The first-order chi connectivity index (χ1) is 10.6. The molecular weight excluding hydrogens is 304 g/mol. The van der Waals surface area contributed by atoms with Crippen LogP contribution in [0.3, 0.4) is 0 Å². The highest BCUT2D eigenvalue weighted by atomic mass is 32.2. The molecule has 8 heteroatoms. The number of aromatic nitrogens is 1. The number of nitrogens with one attached hydrogen (secondary N) is 2. The lowest BCUT2D eigenvalue weighted by atomic mass is 10.3. The highest BCUT2D eigenvalue weighted by molar-refractivity contribution is 7.89. The predicted octanol–water partition coefficient (Wildman–Crippen LogP) is 0.950. The maximum atomic E-state index is 12.2. The van der Waals surface area contributed by atoms with Gasteiger partial charge in [-0.25, -0.2) is 8.42 Å². The summed E-state index contributed by atoms with van der Waals surface area (Å²) in [5, 5.41) is 0. The van der Waals surface area contributed by atoms with Crippen molar-refractivity contribution in [2.45, 2.75) is 4.90 Å². The van der Waals surface area contributed by atoms with E-state index in [1.165, 1.54) is 19.2 Å². The molecule has 0 saturated heterocycles. The molecule has 1 aromatic carbocycles. The summed E-state index contributed by atoms with van der Waals surface area (Å²) in [5.74, 6) is 0.897. The van der Waals surface area contributed by atoms with E-state index in [2.05, 4.69) is 20.2 Å². The van der Waals surface area contributed by atoms with Crippen molar-refractivity contribution in [2.75, 3.05) is 14.2 Å². The molecule has 0 bridgehead atoms. The zero-order valence-corrected chi connectivity index (χ0v) is 13.0. The largest absolute Gasteiger partial charge is 0.497 e. The quantitative estimate of drug-likeness (QED) is 0.486. The van der Waals surface area contributed by atoms with Crippen molar-refractivity contribution >= 4 is 15.9 Å². The van der Waals surface area contributed by atoms with Crippen molar-refractivity contribution in [1.82, 2.24) is 15.2 Å². The number of ether oxygens (including phenoxy) is 1. The third kappa shape index (κ3) is 3.80. The Kier molecular flexibility index (Phi) is 5.08. The van der Waals surface area contributed by atoms with Gasteiger partial charge in [-0.3, -0.25) is 15.4 Å². The molecule has 0 atom stereocenters. The van der Waals surface area contributed by atoms with Gasteiger partial charge in [0.05, 0.1) is 12.0 Å². The summed E-state index contributed by atoms with van der Waals surface area (Å²) in [6.07, 6.45) is 1.60. The highest BCUT2D eigenvalue weighted by Gasteiger charge is 2.15. The lowest BCUT2D eigenvalue weighted by molar-refractivity contribution is 0.414. The minimum absolute atomic E-state index is 0.109. The lowest BCUT2D eigenvalue weighted by Gasteiger charge is -2.11. The van der Waals surface area contributed by atoms with Gasteiger partial charge in [0.2, 0.25) is 0 Å². The van der Waals surface area contributed by atoms with E-state index < -0.39 is 10.0 Å². The first kappa shape index (κ1) is 15.9. The molecule has 0 amide bonds. The monoisotopic (exact) mass is 320 g/mol. The van der Waals surface area contributed by atoms with Crippen LogP contribution in [-0.2, 0) is 10.0 Å². The Labute approximate surface area is 129 Å². The van der Waals surface area contributed by atoms with Crippen LogP contribution in [0.1, 0.15) is 5.69 Å². The lowest BCUT2D eigenvalue weighted by Crippen LogP contribution is -2.42. The van der Waals surface area contributed by atoms with Crippen molar-refractivity contribution < 1.29 is 13.2 Å². The van der Waals surface area contributed by atoms with Gasteiger partial charge in [-0.1, -0.05) is 6.07 Å². The number of hydrazine groups is 1. The van der Waals surface area contributed by atoms with E-state index in [0.717, 1.165) is 0 Å². The molecule has 116 valence electrons.